The first-order valence-corrected chi connectivity index (χ1v) is 9.24. The molecule has 0 saturated carbocycles. The van der Waals surface area contributed by atoms with Crippen molar-refractivity contribution >= 4 is 17.7 Å². The Morgan fingerprint density at radius 1 is 1.12 bits per heavy atom. The van der Waals surface area contributed by atoms with E-state index in [1.807, 2.05) is 67.6 Å². The van der Waals surface area contributed by atoms with Crippen molar-refractivity contribution in [3.05, 3.63) is 82.6 Å². The lowest BCUT2D eigenvalue weighted by molar-refractivity contribution is -0.119. The molecule has 132 valence electrons. The number of rotatable bonds is 6. The van der Waals surface area contributed by atoms with Crippen LogP contribution < -0.4 is 10.9 Å². The van der Waals surface area contributed by atoms with E-state index in [4.69, 9.17) is 0 Å². The lowest BCUT2D eigenvalue weighted by Crippen LogP contribution is -2.28. The van der Waals surface area contributed by atoms with E-state index in [2.05, 4.69) is 15.3 Å². The average molecular weight is 365 g/mol. The number of carbonyl (C=O) groups is 1. The Kier molecular flexibility index (Phi) is 5.86. The van der Waals surface area contributed by atoms with Gasteiger partial charge in [-0.05, 0) is 12.5 Å². The summed E-state index contributed by atoms with van der Waals surface area (Å²) in [4.78, 5) is 31.2. The smallest absolute Gasteiger partial charge is 0.252 e. The molecule has 0 unspecified atom stereocenters. The van der Waals surface area contributed by atoms with Gasteiger partial charge >= 0.3 is 0 Å². The van der Waals surface area contributed by atoms with E-state index in [9.17, 15) is 9.59 Å². The lowest BCUT2D eigenvalue weighted by Gasteiger charge is -2.14. The number of amides is 1. The van der Waals surface area contributed by atoms with E-state index in [1.165, 1.54) is 17.8 Å². The molecule has 3 aromatic rings. The number of aromatic nitrogens is 2. The SMILES string of the molecule is C[C@@H](NC(=O)CSc1nc(-c2ccccc2)cc(=O)[nH]1)c1ccccc1. The summed E-state index contributed by atoms with van der Waals surface area (Å²) in [6, 6.07) is 20.6. The second-order valence-corrected chi connectivity index (χ2v) is 6.75. The molecule has 26 heavy (non-hydrogen) atoms. The van der Waals surface area contributed by atoms with Gasteiger partial charge in [0.05, 0.1) is 17.5 Å². The summed E-state index contributed by atoms with van der Waals surface area (Å²) in [5.74, 6) is 0.0670. The number of nitrogens with zero attached hydrogens (tertiary/aromatic N) is 1. The van der Waals surface area contributed by atoms with Crippen LogP contribution in [0.1, 0.15) is 18.5 Å². The molecular weight excluding hydrogens is 346 g/mol. The van der Waals surface area contributed by atoms with E-state index >= 15 is 0 Å². The number of aromatic amines is 1. The van der Waals surface area contributed by atoms with Crippen LogP contribution in [0.2, 0.25) is 0 Å². The molecule has 0 bridgehead atoms. The monoisotopic (exact) mass is 365 g/mol. The van der Waals surface area contributed by atoms with Crippen molar-refractivity contribution in [2.75, 3.05) is 5.75 Å². The van der Waals surface area contributed by atoms with Crippen LogP contribution in [0.4, 0.5) is 0 Å². The second-order valence-electron chi connectivity index (χ2n) is 5.79. The van der Waals surface area contributed by atoms with E-state index in [1.54, 1.807) is 0 Å². The first-order valence-electron chi connectivity index (χ1n) is 8.26. The minimum absolute atomic E-state index is 0.0769. The van der Waals surface area contributed by atoms with Gasteiger partial charge in [-0.25, -0.2) is 4.98 Å². The van der Waals surface area contributed by atoms with Crippen LogP contribution in [0.15, 0.2) is 76.7 Å². The fourth-order valence-electron chi connectivity index (χ4n) is 2.50. The highest BCUT2D eigenvalue weighted by molar-refractivity contribution is 7.99. The minimum atomic E-state index is -0.237. The molecule has 1 aromatic heterocycles. The minimum Gasteiger partial charge on any atom is -0.349 e. The summed E-state index contributed by atoms with van der Waals surface area (Å²) in [6.07, 6.45) is 0. The third-order valence-corrected chi connectivity index (χ3v) is 4.68. The van der Waals surface area contributed by atoms with Crippen molar-refractivity contribution in [3.8, 4) is 11.3 Å². The third-order valence-electron chi connectivity index (χ3n) is 3.81. The molecule has 0 aliphatic carbocycles. The van der Waals surface area contributed by atoms with Crippen LogP contribution in [-0.4, -0.2) is 21.6 Å². The summed E-state index contributed by atoms with van der Waals surface area (Å²) in [6.45, 7) is 1.94. The van der Waals surface area contributed by atoms with Gasteiger partial charge in [0, 0.05) is 11.6 Å². The zero-order chi connectivity index (χ0) is 18.4. The van der Waals surface area contributed by atoms with Gasteiger partial charge in [0.1, 0.15) is 0 Å². The summed E-state index contributed by atoms with van der Waals surface area (Å²) >= 11 is 1.21. The Bertz CT molecular complexity index is 927. The molecule has 0 aliphatic heterocycles. The molecule has 0 spiro atoms. The van der Waals surface area contributed by atoms with Gasteiger partial charge in [-0.3, -0.25) is 9.59 Å². The average Bonchev–Trinajstić information content (AvgIpc) is 2.67. The predicted octanol–water partition coefficient (Wildman–Crippen LogP) is 3.41. The van der Waals surface area contributed by atoms with Crippen LogP contribution in [0.25, 0.3) is 11.3 Å². The molecule has 2 N–H and O–H groups in total. The topological polar surface area (TPSA) is 74.8 Å². The molecule has 1 amide bonds. The first kappa shape index (κ1) is 17.9. The Balaban J connectivity index is 1.63. The Morgan fingerprint density at radius 2 is 1.77 bits per heavy atom. The summed E-state index contributed by atoms with van der Waals surface area (Å²) in [5, 5.41) is 3.38. The number of H-pyrrole nitrogens is 1. The molecule has 1 atom stereocenters. The van der Waals surface area contributed by atoms with Crippen molar-refractivity contribution in [3.63, 3.8) is 0 Å². The maximum atomic E-state index is 12.2. The lowest BCUT2D eigenvalue weighted by atomic mass is 10.1. The number of benzene rings is 2. The molecular formula is C20H19N3O2S. The highest BCUT2D eigenvalue weighted by Crippen LogP contribution is 2.19. The number of thioether (sulfide) groups is 1. The number of hydrogen-bond acceptors (Lipinski definition) is 4. The molecule has 0 fully saturated rings. The standard InChI is InChI=1S/C20H19N3O2S/c1-14(15-8-4-2-5-9-15)21-19(25)13-26-20-22-17(12-18(24)23-20)16-10-6-3-7-11-16/h2-12,14H,13H2,1H3,(H,21,25)(H,22,23,24)/t14-/m1/s1. The predicted molar refractivity (Wildman–Crippen MR) is 104 cm³/mol. The summed E-state index contributed by atoms with van der Waals surface area (Å²) < 4.78 is 0. The largest absolute Gasteiger partial charge is 0.349 e. The third kappa shape index (κ3) is 4.83. The molecule has 0 aliphatic rings. The maximum Gasteiger partial charge on any atom is 0.252 e. The quantitative estimate of drug-likeness (QED) is 0.519. The van der Waals surface area contributed by atoms with Crippen molar-refractivity contribution < 1.29 is 4.79 Å². The molecule has 5 nitrogen and oxygen atoms in total. The first-order chi connectivity index (χ1) is 12.6. The molecule has 6 heteroatoms. The van der Waals surface area contributed by atoms with Gasteiger partial charge in [-0.2, -0.15) is 0 Å². The Labute approximate surface area is 155 Å². The zero-order valence-corrected chi connectivity index (χ0v) is 15.1. The van der Waals surface area contributed by atoms with E-state index in [-0.39, 0.29) is 23.3 Å². The number of hydrogen-bond donors (Lipinski definition) is 2. The van der Waals surface area contributed by atoms with Gasteiger partial charge < -0.3 is 10.3 Å². The van der Waals surface area contributed by atoms with Gasteiger partial charge in [0.2, 0.25) is 5.91 Å². The molecule has 2 aromatic carbocycles. The van der Waals surface area contributed by atoms with Crippen molar-refractivity contribution in [2.45, 2.75) is 18.1 Å². The highest BCUT2D eigenvalue weighted by Gasteiger charge is 2.11. The zero-order valence-electron chi connectivity index (χ0n) is 14.3. The second kappa shape index (κ2) is 8.49. The van der Waals surface area contributed by atoms with Gasteiger partial charge in [-0.15, -0.1) is 0 Å². The van der Waals surface area contributed by atoms with Crippen LogP contribution in [-0.2, 0) is 4.79 Å². The van der Waals surface area contributed by atoms with Crippen molar-refractivity contribution in [2.24, 2.45) is 0 Å². The van der Waals surface area contributed by atoms with E-state index < -0.39 is 0 Å². The fourth-order valence-corrected chi connectivity index (χ4v) is 3.19. The van der Waals surface area contributed by atoms with Crippen molar-refractivity contribution in [1.82, 2.24) is 15.3 Å². The van der Waals surface area contributed by atoms with Gasteiger partial charge in [0.25, 0.3) is 5.56 Å². The van der Waals surface area contributed by atoms with E-state index in [0.29, 0.717) is 10.9 Å². The van der Waals surface area contributed by atoms with Crippen LogP contribution >= 0.6 is 11.8 Å². The Morgan fingerprint density at radius 3 is 2.46 bits per heavy atom. The van der Waals surface area contributed by atoms with Crippen molar-refractivity contribution in [1.29, 1.82) is 0 Å². The number of nitrogens with one attached hydrogen (secondary N) is 2. The maximum absolute atomic E-state index is 12.2. The van der Waals surface area contributed by atoms with Crippen LogP contribution in [0.5, 0.6) is 0 Å². The highest BCUT2D eigenvalue weighted by atomic mass is 32.2. The van der Waals surface area contributed by atoms with Crippen LogP contribution in [0, 0.1) is 0 Å². The van der Waals surface area contributed by atoms with Gasteiger partial charge in [0.15, 0.2) is 5.16 Å². The molecule has 1 heterocycles. The van der Waals surface area contributed by atoms with Crippen LogP contribution in [0.3, 0.4) is 0 Å². The number of carbonyl (C=O) groups excluding carboxylic acids is 1. The summed E-state index contributed by atoms with van der Waals surface area (Å²) in [7, 11) is 0. The normalized spacial score (nSPS) is 11.7. The summed E-state index contributed by atoms with van der Waals surface area (Å²) in [5.41, 5.74) is 2.26. The molecule has 3 rings (SSSR count). The fraction of sp³-hybridized carbons (Fsp3) is 0.150. The Hall–Kier alpha value is -2.86. The molecule has 0 radical (unpaired) electrons. The molecule has 0 saturated heterocycles. The van der Waals surface area contributed by atoms with E-state index in [0.717, 1.165) is 11.1 Å². The van der Waals surface area contributed by atoms with Gasteiger partial charge in [-0.1, -0.05) is 72.4 Å².